The van der Waals surface area contributed by atoms with Crippen molar-refractivity contribution in [3.05, 3.63) is 41.3 Å². The van der Waals surface area contributed by atoms with Gasteiger partial charge >= 0.3 is 6.18 Å². The van der Waals surface area contributed by atoms with Crippen LogP contribution in [0.15, 0.2) is 24.4 Å². The van der Waals surface area contributed by atoms with Crippen molar-refractivity contribution in [2.24, 2.45) is 5.73 Å². The summed E-state index contributed by atoms with van der Waals surface area (Å²) in [4.78, 5) is 4.07. The summed E-state index contributed by atoms with van der Waals surface area (Å²) >= 11 is 0. The normalized spacial score (nSPS) is 11.6. The Bertz CT molecular complexity index is 630. The second kappa shape index (κ2) is 4.38. The van der Waals surface area contributed by atoms with Gasteiger partial charge in [0.05, 0.1) is 5.56 Å². The summed E-state index contributed by atoms with van der Waals surface area (Å²) < 4.78 is 38.4. The van der Waals surface area contributed by atoms with Crippen LogP contribution in [-0.2, 0) is 6.18 Å². The number of nitrogens with zero attached hydrogens (tertiary/aromatic N) is 3. The number of hydrogen-bond acceptors (Lipinski definition) is 3. The van der Waals surface area contributed by atoms with E-state index in [9.17, 15) is 13.2 Å². The van der Waals surface area contributed by atoms with Crippen LogP contribution in [0.4, 0.5) is 13.2 Å². The van der Waals surface area contributed by atoms with Crippen LogP contribution in [0.2, 0.25) is 0 Å². The van der Waals surface area contributed by atoms with Gasteiger partial charge in [0.1, 0.15) is 5.84 Å². The summed E-state index contributed by atoms with van der Waals surface area (Å²) in [6.07, 6.45) is -3.39. The van der Waals surface area contributed by atoms with Gasteiger partial charge < -0.3 is 5.73 Å². The number of nitrogens with two attached hydrogens (primary N) is 1. The van der Waals surface area contributed by atoms with Crippen LogP contribution in [0.1, 0.15) is 17.0 Å². The van der Waals surface area contributed by atoms with Gasteiger partial charge in [-0.15, -0.1) is 0 Å². The number of aromatic nitrogens is 3. The Morgan fingerprint density at radius 2 is 2.00 bits per heavy atom. The van der Waals surface area contributed by atoms with Gasteiger partial charge in [-0.25, -0.2) is 9.67 Å². The van der Waals surface area contributed by atoms with Crippen molar-refractivity contribution < 1.29 is 13.2 Å². The number of aryl methyl sites for hydroxylation is 1. The molecule has 19 heavy (non-hydrogen) atoms. The van der Waals surface area contributed by atoms with Gasteiger partial charge in [0.2, 0.25) is 0 Å². The van der Waals surface area contributed by atoms with E-state index in [-0.39, 0.29) is 17.2 Å². The van der Waals surface area contributed by atoms with E-state index in [0.29, 0.717) is 5.69 Å². The van der Waals surface area contributed by atoms with Gasteiger partial charge in [-0.1, -0.05) is 0 Å². The summed E-state index contributed by atoms with van der Waals surface area (Å²) in [5.74, 6) is -0.186. The van der Waals surface area contributed by atoms with Crippen LogP contribution in [0.3, 0.4) is 0 Å². The molecule has 5 nitrogen and oxygen atoms in total. The molecule has 2 heterocycles. The van der Waals surface area contributed by atoms with Gasteiger partial charge in [0.25, 0.3) is 0 Å². The maximum Gasteiger partial charge on any atom is 0.435 e. The molecule has 2 aromatic heterocycles. The fourth-order valence-corrected chi connectivity index (χ4v) is 1.52. The Hall–Kier alpha value is -2.38. The summed E-state index contributed by atoms with van der Waals surface area (Å²) in [6.45, 7) is 1.68. The second-order valence-corrected chi connectivity index (χ2v) is 3.88. The highest BCUT2D eigenvalue weighted by molar-refractivity contribution is 5.97. The molecule has 0 spiro atoms. The highest BCUT2D eigenvalue weighted by Crippen LogP contribution is 2.28. The van der Waals surface area contributed by atoms with E-state index in [1.165, 1.54) is 6.07 Å². The smallest absolute Gasteiger partial charge is 0.384 e. The molecule has 0 amide bonds. The topological polar surface area (TPSA) is 80.6 Å². The van der Waals surface area contributed by atoms with E-state index < -0.39 is 11.9 Å². The number of pyridine rings is 1. The molecule has 100 valence electrons. The molecular formula is C11H10F3N5. The first kappa shape index (κ1) is 13.1. The third-order valence-electron chi connectivity index (χ3n) is 2.40. The fraction of sp³-hybridized carbons (Fsp3) is 0.182. The third-order valence-corrected chi connectivity index (χ3v) is 2.40. The van der Waals surface area contributed by atoms with Crippen LogP contribution in [0.5, 0.6) is 0 Å². The predicted octanol–water partition coefficient (Wildman–Crippen LogP) is 1.88. The molecule has 0 fully saturated rings. The second-order valence-electron chi connectivity index (χ2n) is 3.88. The SMILES string of the molecule is Cc1ccc(C(=N)N)c(-n2ccc(C(F)(F)F)n2)n1. The lowest BCUT2D eigenvalue weighted by Gasteiger charge is -2.08. The van der Waals surface area contributed by atoms with E-state index in [1.54, 1.807) is 13.0 Å². The van der Waals surface area contributed by atoms with E-state index in [0.717, 1.165) is 16.9 Å². The molecule has 0 aliphatic heterocycles. The lowest BCUT2D eigenvalue weighted by atomic mass is 10.2. The van der Waals surface area contributed by atoms with Gasteiger partial charge in [-0.2, -0.15) is 18.3 Å². The monoisotopic (exact) mass is 269 g/mol. The van der Waals surface area contributed by atoms with E-state index in [4.69, 9.17) is 11.1 Å². The van der Waals surface area contributed by atoms with E-state index in [1.807, 2.05) is 0 Å². The van der Waals surface area contributed by atoms with Crippen molar-refractivity contribution in [1.29, 1.82) is 5.41 Å². The fourth-order valence-electron chi connectivity index (χ4n) is 1.52. The van der Waals surface area contributed by atoms with Crippen molar-refractivity contribution in [3.8, 4) is 5.82 Å². The van der Waals surface area contributed by atoms with Crippen molar-refractivity contribution in [2.45, 2.75) is 13.1 Å². The van der Waals surface area contributed by atoms with Crippen molar-refractivity contribution in [2.75, 3.05) is 0 Å². The number of hydrogen-bond donors (Lipinski definition) is 2. The Morgan fingerprint density at radius 3 is 2.53 bits per heavy atom. The number of amidine groups is 1. The molecule has 3 N–H and O–H groups in total. The Morgan fingerprint density at radius 1 is 1.32 bits per heavy atom. The lowest BCUT2D eigenvalue weighted by Crippen LogP contribution is -2.17. The number of alkyl halides is 3. The molecule has 8 heteroatoms. The van der Waals surface area contributed by atoms with Gasteiger partial charge in [-0.3, -0.25) is 5.41 Å². The minimum Gasteiger partial charge on any atom is -0.384 e. The largest absolute Gasteiger partial charge is 0.435 e. The molecule has 0 aromatic carbocycles. The molecule has 0 radical (unpaired) electrons. The minimum atomic E-state index is -4.52. The number of rotatable bonds is 2. The summed E-state index contributed by atoms with van der Waals surface area (Å²) in [7, 11) is 0. The molecule has 0 aliphatic carbocycles. The molecule has 2 aromatic rings. The molecule has 2 rings (SSSR count). The summed E-state index contributed by atoms with van der Waals surface area (Å²) in [5.41, 5.74) is 5.16. The van der Waals surface area contributed by atoms with Crippen LogP contribution in [0, 0.1) is 12.3 Å². The quantitative estimate of drug-likeness (QED) is 0.645. The molecule has 0 aliphatic rings. The summed E-state index contributed by atoms with van der Waals surface area (Å²) in [6, 6.07) is 3.98. The standard InChI is InChI=1S/C11H10F3N5/c1-6-2-3-7(9(15)16)10(17-6)19-5-4-8(18-19)11(12,13)14/h2-5H,1H3,(H3,15,16). The lowest BCUT2D eigenvalue weighted by molar-refractivity contribution is -0.141. The van der Waals surface area contributed by atoms with E-state index >= 15 is 0 Å². The number of nitrogens with one attached hydrogen (secondary N) is 1. The highest BCUT2D eigenvalue weighted by atomic mass is 19.4. The predicted molar refractivity (Wildman–Crippen MR) is 62.1 cm³/mol. The van der Waals surface area contributed by atoms with Crippen LogP contribution in [-0.4, -0.2) is 20.6 Å². The zero-order chi connectivity index (χ0) is 14.2. The van der Waals surface area contributed by atoms with Crippen LogP contribution in [0.25, 0.3) is 5.82 Å². The first-order valence-corrected chi connectivity index (χ1v) is 5.24. The van der Waals surface area contributed by atoms with Crippen molar-refractivity contribution in [1.82, 2.24) is 14.8 Å². The number of halogens is 3. The van der Waals surface area contributed by atoms with Crippen molar-refractivity contribution in [3.63, 3.8) is 0 Å². The van der Waals surface area contributed by atoms with Gasteiger partial charge in [-0.05, 0) is 25.1 Å². The number of nitrogen functional groups attached to an aromatic ring is 1. The molecule has 0 atom stereocenters. The van der Waals surface area contributed by atoms with Crippen LogP contribution < -0.4 is 5.73 Å². The van der Waals surface area contributed by atoms with Crippen LogP contribution >= 0.6 is 0 Å². The Labute approximate surface area is 106 Å². The molecule has 0 saturated carbocycles. The zero-order valence-electron chi connectivity index (χ0n) is 9.86. The Balaban J connectivity index is 2.55. The van der Waals surface area contributed by atoms with Gasteiger partial charge in [0.15, 0.2) is 11.5 Å². The zero-order valence-corrected chi connectivity index (χ0v) is 9.86. The minimum absolute atomic E-state index is 0.100. The molecule has 0 unspecified atom stereocenters. The first-order valence-electron chi connectivity index (χ1n) is 5.24. The molecule has 0 bridgehead atoms. The third kappa shape index (κ3) is 2.56. The highest BCUT2D eigenvalue weighted by Gasteiger charge is 2.33. The summed E-state index contributed by atoms with van der Waals surface area (Å²) in [5, 5.41) is 10.8. The first-order chi connectivity index (χ1) is 8.79. The Kier molecular flexibility index (Phi) is 3.01. The maximum atomic E-state index is 12.5. The average Bonchev–Trinajstić information content (AvgIpc) is 2.77. The average molecular weight is 269 g/mol. The molecular weight excluding hydrogens is 259 g/mol. The van der Waals surface area contributed by atoms with Gasteiger partial charge in [0, 0.05) is 11.9 Å². The molecule has 0 saturated heterocycles. The van der Waals surface area contributed by atoms with Crippen molar-refractivity contribution >= 4 is 5.84 Å². The van der Waals surface area contributed by atoms with E-state index in [2.05, 4.69) is 10.1 Å². The maximum absolute atomic E-state index is 12.5.